The molecular weight excluding hydrogens is 290 g/mol. The van der Waals surface area contributed by atoms with Crippen molar-refractivity contribution in [1.29, 1.82) is 0 Å². The van der Waals surface area contributed by atoms with Gasteiger partial charge in [0, 0.05) is 17.4 Å². The molecule has 2 N–H and O–H groups in total. The summed E-state index contributed by atoms with van der Waals surface area (Å²) in [5.74, 6) is -1.62. The number of carboxylic acids is 1. The van der Waals surface area contributed by atoms with Gasteiger partial charge in [0.2, 0.25) is 15.8 Å². The van der Waals surface area contributed by atoms with Crippen LogP contribution in [-0.4, -0.2) is 37.0 Å². The number of carbonyl (C=O) groups is 1. The van der Waals surface area contributed by atoms with Gasteiger partial charge in [-0.3, -0.25) is 0 Å². The fourth-order valence-electron chi connectivity index (χ4n) is 1.26. The standard InChI is InChI=1S/C11H17NO5S2/c1-7-9(5-8(17-7)10(13)14)19(15,16)12-6-11(2,3)18-4/h5,12H,6H2,1-4H3,(H,13,14). The van der Waals surface area contributed by atoms with Crippen molar-refractivity contribution in [2.24, 2.45) is 0 Å². The van der Waals surface area contributed by atoms with Crippen LogP contribution in [-0.2, 0) is 10.0 Å². The van der Waals surface area contributed by atoms with Crippen LogP contribution in [0.4, 0.5) is 0 Å². The van der Waals surface area contributed by atoms with E-state index in [2.05, 4.69) is 4.72 Å². The van der Waals surface area contributed by atoms with E-state index in [0.717, 1.165) is 6.07 Å². The van der Waals surface area contributed by atoms with Gasteiger partial charge in [0.15, 0.2) is 0 Å². The van der Waals surface area contributed by atoms with Crippen LogP contribution in [0.5, 0.6) is 0 Å². The molecule has 0 fully saturated rings. The Labute approximate surface area is 116 Å². The van der Waals surface area contributed by atoms with Gasteiger partial charge in [-0.15, -0.1) is 0 Å². The molecule has 0 radical (unpaired) electrons. The molecule has 0 aliphatic carbocycles. The topological polar surface area (TPSA) is 96.6 Å². The number of aromatic carboxylic acids is 1. The largest absolute Gasteiger partial charge is 0.475 e. The first-order chi connectivity index (χ1) is 8.59. The first-order valence-corrected chi connectivity index (χ1v) is 8.18. The van der Waals surface area contributed by atoms with Crippen LogP contribution in [0.1, 0.15) is 30.2 Å². The van der Waals surface area contributed by atoms with Gasteiger partial charge >= 0.3 is 5.97 Å². The monoisotopic (exact) mass is 307 g/mol. The van der Waals surface area contributed by atoms with Crippen molar-refractivity contribution >= 4 is 27.8 Å². The Morgan fingerprint density at radius 1 is 1.53 bits per heavy atom. The number of thioether (sulfide) groups is 1. The van der Waals surface area contributed by atoms with Gasteiger partial charge in [-0.1, -0.05) is 0 Å². The molecular formula is C11H17NO5S2. The number of nitrogens with one attached hydrogen (secondary N) is 1. The Morgan fingerprint density at radius 2 is 2.11 bits per heavy atom. The zero-order valence-corrected chi connectivity index (χ0v) is 12.8. The number of hydrogen-bond acceptors (Lipinski definition) is 5. The third-order valence-electron chi connectivity index (χ3n) is 2.61. The molecule has 0 saturated heterocycles. The second-order valence-electron chi connectivity index (χ2n) is 4.62. The Morgan fingerprint density at radius 3 is 2.53 bits per heavy atom. The highest BCUT2D eigenvalue weighted by molar-refractivity contribution is 8.00. The van der Waals surface area contributed by atoms with Crippen LogP contribution >= 0.6 is 11.8 Å². The van der Waals surface area contributed by atoms with E-state index < -0.39 is 16.0 Å². The minimum absolute atomic E-state index is 0.0619. The van der Waals surface area contributed by atoms with Crippen LogP contribution in [0, 0.1) is 6.92 Å². The van der Waals surface area contributed by atoms with Gasteiger partial charge < -0.3 is 9.52 Å². The van der Waals surface area contributed by atoms with Gasteiger partial charge in [0.05, 0.1) is 0 Å². The van der Waals surface area contributed by atoms with Crippen LogP contribution < -0.4 is 4.72 Å². The molecule has 8 heteroatoms. The normalized spacial score (nSPS) is 12.6. The van der Waals surface area contributed by atoms with E-state index in [1.807, 2.05) is 20.1 Å². The van der Waals surface area contributed by atoms with E-state index in [-0.39, 0.29) is 27.7 Å². The van der Waals surface area contributed by atoms with Crippen LogP contribution in [0.2, 0.25) is 0 Å². The molecule has 0 unspecified atom stereocenters. The number of carboxylic acid groups (broad SMARTS) is 1. The van der Waals surface area contributed by atoms with Crippen LogP contribution in [0.25, 0.3) is 0 Å². The van der Waals surface area contributed by atoms with E-state index >= 15 is 0 Å². The fourth-order valence-corrected chi connectivity index (χ4v) is 2.95. The lowest BCUT2D eigenvalue weighted by atomic mass is 10.2. The van der Waals surface area contributed by atoms with Crippen molar-refractivity contribution in [2.75, 3.05) is 12.8 Å². The minimum atomic E-state index is -3.77. The van der Waals surface area contributed by atoms with Crippen molar-refractivity contribution < 1.29 is 22.7 Å². The molecule has 0 amide bonds. The average Bonchev–Trinajstić information content (AvgIpc) is 2.70. The second-order valence-corrected chi connectivity index (χ2v) is 7.87. The Hall–Kier alpha value is -0.990. The quantitative estimate of drug-likeness (QED) is 0.830. The molecule has 1 rings (SSSR count). The Bertz CT molecular complexity index is 574. The van der Waals surface area contributed by atoms with Gasteiger partial charge in [-0.25, -0.2) is 17.9 Å². The summed E-state index contributed by atoms with van der Waals surface area (Å²) in [6.07, 6.45) is 1.89. The highest BCUT2D eigenvalue weighted by Crippen LogP contribution is 2.23. The van der Waals surface area contributed by atoms with Crippen LogP contribution in [0.3, 0.4) is 0 Å². The van der Waals surface area contributed by atoms with Crippen molar-refractivity contribution in [3.8, 4) is 0 Å². The molecule has 0 aromatic carbocycles. The van der Waals surface area contributed by atoms with Gasteiger partial charge in [0.1, 0.15) is 10.7 Å². The summed E-state index contributed by atoms with van der Waals surface area (Å²) in [5, 5.41) is 8.77. The molecule has 19 heavy (non-hydrogen) atoms. The molecule has 1 aromatic rings. The van der Waals surface area contributed by atoms with Crippen molar-refractivity contribution in [3.05, 3.63) is 17.6 Å². The smallest absolute Gasteiger partial charge is 0.371 e. The zero-order valence-electron chi connectivity index (χ0n) is 11.2. The summed E-state index contributed by atoms with van der Waals surface area (Å²) in [4.78, 5) is 10.6. The number of hydrogen-bond donors (Lipinski definition) is 2. The molecule has 0 spiro atoms. The predicted molar refractivity (Wildman–Crippen MR) is 73.2 cm³/mol. The molecule has 0 bridgehead atoms. The maximum Gasteiger partial charge on any atom is 0.371 e. The van der Waals surface area contributed by atoms with Gasteiger partial charge in [0.25, 0.3) is 0 Å². The second kappa shape index (κ2) is 5.56. The summed E-state index contributed by atoms with van der Waals surface area (Å²) in [6.45, 7) is 5.47. The number of sulfonamides is 1. The van der Waals surface area contributed by atoms with E-state index in [4.69, 9.17) is 9.52 Å². The molecule has 0 aliphatic rings. The SMILES string of the molecule is CSC(C)(C)CNS(=O)(=O)c1cc(C(=O)O)oc1C. The Balaban J connectivity index is 2.98. The summed E-state index contributed by atoms with van der Waals surface area (Å²) < 4.78 is 31.3. The predicted octanol–water partition coefficient (Wildman–Crippen LogP) is 1.71. The molecule has 0 aliphatic heterocycles. The van der Waals surface area contributed by atoms with Crippen molar-refractivity contribution in [2.45, 2.75) is 30.4 Å². The molecule has 0 saturated carbocycles. The van der Waals surface area contributed by atoms with E-state index in [9.17, 15) is 13.2 Å². The van der Waals surface area contributed by atoms with E-state index in [1.165, 1.54) is 18.7 Å². The van der Waals surface area contributed by atoms with E-state index in [0.29, 0.717) is 0 Å². The first kappa shape index (κ1) is 16.1. The third kappa shape index (κ3) is 3.99. The third-order valence-corrected chi connectivity index (χ3v) is 5.37. The average molecular weight is 307 g/mol. The summed E-state index contributed by atoms with van der Waals surface area (Å²) in [5.41, 5.74) is 0. The highest BCUT2D eigenvalue weighted by atomic mass is 32.2. The molecule has 108 valence electrons. The zero-order chi connectivity index (χ0) is 14.8. The summed E-state index contributed by atoms with van der Waals surface area (Å²) in [6, 6.07) is 1.02. The van der Waals surface area contributed by atoms with Crippen molar-refractivity contribution in [1.82, 2.24) is 4.72 Å². The van der Waals surface area contributed by atoms with Crippen molar-refractivity contribution in [3.63, 3.8) is 0 Å². The number of rotatable bonds is 6. The van der Waals surface area contributed by atoms with E-state index in [1.54, 1.807) is 0 Å². The minimum Gasteiger partial charge on any atom is -0.475 e. The van der Waals surface area contributed by atoms with Crippen LogP contribution in [0.15, 0.2) is 15.4 Å². The lowest BCUT2D eigenvalue weighted by Crippen LogP contribution is -2.36. The number of aryl methyl sites for hydroxylation is 1. The maximum absolute atomic E-state index is 12.1. The van der Waals surface area contributed by atoms with Gasteiger partial charge in [-0.05, 0) is 27.0 Å². The summed E-state index contributed by atoms with van der Waals surface area (Å²) >= 11 is 1.53. The lowest BCUT2D eigenvalue weighted by Gasteiger charge is -2.21. The summed E-state index contributed by atoms with van der Waals surface area (Å²) in [7, 11) is -3.77. The Kier molecular flexibility index (Phi) is 4.70. The number of furan rings is 1. The highest BCUT2D eigenvalue weighted by Gasteiger charge is 2.26. The van der Waals surface area contributed by atoms with Gasteiger partial charge in [-0.2, -0.15) is 11.8 Å². The molecule has 1 heterocycles. The lowest BCUT2D eigenvalue weighted by molar-refractivity contribution is 0.0661. The maximum atomic E-state index is 12.1. The molecule has 1 aromatic heterocycles. The first-order valence-electron chi connectivity index (χ1n) is 5.47. The molecule has 6 nitrogen and oxygen atoms in total. The molecule has 0 atom stereocenters. The fraction of sp³-hybridized carbons (Fsp3) is 0.545.